The highest BCUT2D eigenvalue weighted by atomic mass is 35.5. The summed E-state index contributed by atoms with van der Waals surface area (Å²) in [7, 11) is 0. The lowest BCUT2D eigenvalue weighted by Crippen LogP contribution is -2.11. The molecule has 2 rings (SSSR count). The molecule has 0 amide bonds. The summed E-state index contributed by atoms with van der Waals surface area (Å²) in [5.41, 5.74) is -0.177. The van der Waals surface area contributed by atoms with Crippen LogP contribution in [0.4, 0.5) is 0 Å². The summed E-state index contributed by atoms with van der Waals surface area (Å²) >= 11 is 11.8. The number of aromatic nitrogens is 2. The van der Waals surface area contributed by atoms with Crippen LogP contribution in [-0.2, 0) is 12.0 Å². The van der Waals surface area contributed by atoms with E-state index in [1.807, 2.05) is 20.8 Å². The lowest BCUT2D eigenvalue weighted by molar-refractivity contribution is 0.280. The minimum atomic E-state index is -0.177. The Hall–Kier alpha value is -1.26. The van der Waals surface area contributed by atoms with Crippen LogP contribution in [0.1, 0.15) is 32.5 Å². The summed E-state index contributed by atoms with van der Waals surface area (Å²) in [5, 5.41) is 4.88. The molecule has 19 heavy (non-hydrogen) atoms. The highest BCUT2D eigenvalue weighted by Crippen LogP contribution is 2.28. The summed E-state index contributed by atoms with van der Waals surface area (Å²) in [6.07, 6.45) is 0. The van der Waals surface area contributed by atoms with Gasteiger partial charge >= 0.3 is 0 Å². The number of hydrogen-bond acceptors (Lipinski definition) is 4. The molecule has 1 aromatic carbocycles. The molecule has 0 atom stereocenters. The fraction of sp³-hybridized carbons (Fsp3) is 0.385. The van der Waals surface area contributed by atoms with Crippen LogP contribution in [0.5, 0.6) is 5.75 Å². The zero-order valence-electron chi connectivity index (χ0n) is 10.9. The molecule has 4 nitrogen and oxygen atoms in total. The standard InChI is InChI=1S/C13H14Cl2N2O2/c1-13(2,3)12-16-11(17-19-12)7-18-10-5-4-8(14)6-9(10)15/h4-6H,7H2,1-3H3. The molecule has 0 radical (unpaired) electrons. The molecule has 0 aliphatic heterocycles. The van der Waals surface area contributed by atoms with Crippen LogP contribution < -0.4 is 4.74 Å². The molecule has 0 saturated heterocycles. The van der Waals surface area contributed by atoms with E-state index in [0.717, 1.165) is 0 Å². The monoisotopic (exact) mass is 300 g/mol. The third-order valence-electron chi connectivity index (χ3n) is 2.36. The van der Waals surface area contributed by atoms with Crippen molar-refractivity contribution in [1.82, 2.24) is 10.1 Å². The molecule has 1 heterocycles. The smallest absolute Gasteiger partial charge is 0.232 e. The Morgan fingerprint density at radius 2 is 2.00 bits per heavy atom. The predicted molar refractivity (Wildman–Crippen MR) is 73.8 cm³/mol. The highest BCUT2D eigenvalue weighted by Gasteiger charge is 2.21. The van der Waals surface area contributed by atoms with Gasteiger partial charge < -0.3 is 9.26 Å². The maximum Gasteiger partial charge on any atom is 0.232 e. The van der Waals surface area contributed by atoms with E-state index in [4.69, 9.17) is 32.5 Å². The van der Waals surface area contributed by atoms with Crippen molar-refractivity contribution < 1.29 is 9.26 Å². The molecule has 0 N–H and O–H groups in total. The van der Waals surface area contributed by atoms with E-state index in [0.29, 0.717) is 27.5 Å². The van der Waals surface area contributed by atoms with Crippen molar-refractivity contribution in [2.45, 2.75) is 32.8 Å². The Morgan fingerprint density at radius 1 is 1.26 bits per heavy atom. The topological polar surface area (TPSA) is 48.2 Å². The van der Waals surface area contributed by atoms with Gasteiger partial charge in [-0.15, -0.1) is 0 Å². The van der Waals surface area contributed by atoms with Gasteiger partial charge in [-0.1, -0.05) is 49.1 Å². The zero-order valence-corrected chi connectivity index (χ0v) is 12.4. The number of benzene rings is 1. The van der Waals surface area contributed by atoms with Gasteiger partial charge in [0.2, 0.25) is 11.7 Å². The summed E-state index contributed by atoms with van der Waals surface area (Å²) < 4.78 is 10.7. The summed E-state index contributed by atoms with van der Waals surface area (Å²) in [6, 6.07) is 5.03. The Labute approximate surface area is 121 Å². The molecule has 0 unspecified atom stereocenters. The molecule has 6 heteroatoms. The van der Waals surface area contributed by atoms with E-state index in [-0.39, 0.29) is 12.0 Å². The number of hydrogen-bond donors (Lipinski definition) is 0. The largest absolute Gasteiger partial charge is 0.484 e. The summed E-state index contributed by atoms with van der Waals surface area (Å²) in [4.78, 5) is 4.27. The first kappa shape index (κ1) is 14.2. The van der Waals surface area contributed by atoms with Crippen LogP contribution in [-0.4, -0.2) is 10.1 Å². The van der Waals surface area contributed by atoms with E-state index in [2.05, 4.69) is 10.1 Å². The molecule has 2 aromatic rings. The quantitative estimate of drug-likeness (QED) is 0.850. The second-order valence-electron chi connectivity index (χ2n) is 5.13. The molecule has 0 saturated carbocycles. The van der Waals surface area contributed by atoms with E-state index in [1.54, 1.807) is 18.2 Å². The van der Waals surface area contributed by atoms with Gasteiger partial charge in [-0.2, -0.15) is 4.98 Å². The SMILES string of the molecule is CC(C)(C)c1nc(COc2ccc(Cl)cc2Cl)no1. The first-order valence-corrected chi connectivity index (χ1v) is 6.53. The maximum absolute atomic E-state index is 6.00. The van der Waals surface area contributed by atoms with Gasteiger partial charge in [-0.25, -0.2) is 0 Å². The van der Waals surface area contributed by atoms with Crippen molar-refractivity contribution in [1.29, 1.82) is 0 Å². The Bertz CT molecular complexity index is 576. The summed E-state index contributed by atoms with van der Waals surface area (Å²) in [5.74, 6) is 1.59. The van der Waals surface area contributed by atoms with E-state index in [9.17, 15) is 0 Å². The summed E-state index contributed by atoms with van der Waals surface area (Å²) in [6.45, 7) is 6.20. The lowest BCUT2D eigenvalue weighted by Gasteiger charge is -2.10. The molecule has 0 aliphatic rings. The Morgan fingerprint density at radius 3 is 2.58 bits per heavy atom. The highest BCUT2D eigenvalue weighted by molar-refractivity contribution is 6.35. The zero-order chi connectivity index (χ0) is 14.0. The van der Waals surface area contributed by atoms with Gasteiger partial charge in [0.05, 0.1) is 5.02 Å². The minimum absolute atomic E-state index is 0.177. The van der Waals surface area contributed by atoms with Crippen LogP contribution in [0.2, 0.25) is 10.0 Å². The van der Waals surface area contributed by atoms with Gasteiger partial charge in [0.25, 0.3) is 0 Å². The van der Waals surface area contributed by atoms with Crippen molar-refractivity contribution >= 4 is 23.2 Å². The van der Waals surface area contributed by atoms with Gasteiger partial charge in [0, 0.05) is 10.4 Å². The second-order valence-corrected chi connectivity index (χ2v) is 5.97. The van der Waals surface area contributed by atoms with Crippen LogP contribution in [0.15, 0.2) is 22.7 Å². The molecule has 0 bridgehead atoms. The average Bonchev–Trinajstić information content (AvgIpc) is 2.76. The first-order valence-electron chi connectivity index (χ1n) is 5.77. The molecular weight excluding hydrogens is 287 g/mol. The van der Waals surface area contributed by atoms with Crippen LogP contribution in [0.3, 0.4) is 0 Å². The fourth-order valence-electron chi connectivity index (χ4n) is 1.35. The predicted octanol–water partition coefficient (Wildman–Crippen LogP) is 4.25. The molecule has 0 spiro atoms. The number of rotatable bonds is 3. The van der Waals surface area contributed by atoms with Crippen molar-refractivity contribution in [3.05, 3.63) is 40.0 Å². The van der Waals surface area contributed by atoms with Crippen molar-refractivity contribution in [3.8, 4) is 5.75 Å². The van der Waals surface area contributed by atoms with Crippen LogP contribution in [0, 0.1) is 0 Å². The van der Waals surface area contributed by atoms with Gasteiger partial charge in [0.1, 0.15) is 5.75 Å². The molecule has 0 aliphatic carbocycles. The minimum Gasteiger partial charge on any atom is -0.484 e. The fourth-order valence-corrected chi connectivity index (χ4v) is 1.81. The van der Waals surface area contributed by atoms with Gasteiger partial charge in [-0.3, -0.25) is 0 Å². The Kier molecular flexibility index (Phi) is 4.02. The molecule has 0 fully saturated rings. The lowest BCUT2D eigenvalue weighted by atomic mass is 9.97. The van der Waals surface area contributed by atoms with Crippen molar-refractivity contribution in [2.24, 2.45) is 0 Å². The molecular formula is C13H14Cl2N2O2. The number of nitrogens with zero attached hydrogens (tertiary/aromatic N) is 2. The van der Waals surface area contributed by atoms with Gasteiger partial charge in [-0.05, 0) is 18.2 Å². The number of halogens is 2. The third-order valence-corrected chi connectivity index (χ3v) is 2.89. The van der Waals surface area contributed by atoms with Crippen LogP contribution in [0.25, 0.3) is 0 Å². The van der Waals surface area contributed by atoms with Crippen LogP contribution >= 0.6 is 23.2 Å². The molecule has 1 aromatic heterocycles. The Balaban J connectivity index is 2.04. The first-order chi connectivity index (χ1) is 8.86. The van der Waals surface area contributed by atoms with Crippen molar-refractivity contribution in [2.75, 3.05) is 0 Å². The second kappa shape index (κ2) is 5.39. The van der Waals surface area contributed by atoms with Crippen molar-refractivity contribution in [3.63, 3.8) is 0 Å². The van der Waals surface area contributed by atoms with E-state index < -0.39 is 0 Å². The third kappa shape index (κ3) is 3.61. The normalized spacial score (nSPS) is 11.6. The van der Waals surface area contributed by atoms with E-state index in [1.165, 1.54) is 0 Å². The van der Waals surface area contributed by atoms with Gasteiger partial charge in [0.15, 0.2) is 6.61 Å². The van der Waals surface area contributed by atoms with E-state index >= 15 is 0 Å². The maximum atomic E-state index is 6.00. The molecule has 102 valence electrons. The average molecular weight is 301 g/mol. The number of ether oxygens (including phenoxy) is 1.